The largest absolute Gasteiger partial charge is 0.399 e. The van der Waals surface area contributed by atoms with Crippen LogP contribution in [0.2, 0.25) is 0 Å². The Bertz CT molecular complexity index is 733. The van der Waals surface area contributed by atoms with E-state index in [1.807, 2.05) is 30.5 Å². The van der Waals surface area contributed by atoms with Crippen LogP contribution in [0.15, 0.2) is 41.9 Å². The van der Waals surface area contributed by atoms with Crippen molar-refractivity contribution < 1.29 is 0 Å². The number of nitrogens with zero attached hydrogens (tertiary/aromatic N) is 1. The smallest absolute Gasteiger partial charge is 0.0743 e. The molecule has 0 aliphatic carbocycles. The zero-order valence-corrected chi connectivity index (χ0v) is 12.2. The van der Waals surface area contributed by atoms with Crippen LogP contribution in [-0.2, 0) is 13.0 Å². The molecule has 0 unspecified atom stereocenters. The van der Waals surface area contributed by atoms with E-state index < -0.39 is 0 Å². The second kappa shape index (κ2) is 5.51. The van der Waals surface area contributed by atoms with Gasteiger partial charge >= 0.3 is 0 Å². The minimum Gasteiger partial charge on any atom is -0.399 e. The number of rotatable bonds is 4. The quantitative estimate of drug-likeness (QED) is 0.710. The maximum Gasteiger partial charge on any atom is 0.0743 e. The zero-order chi connectivity index (χ0) is 13.9. The summed E-state index contributed by atoms with van der Waals surface area (Å²) in [5.41, 5.74) is 10.00. The molecule has 0 amide bonds. The van der Waals surface area contributed by atoms with E-state index >= 15 is 0 Å². The Balaban J connectivity index is 1.88. The summed E-state index contributed by atoms with van der Waals surface area (Å²) in [6.07, 6.45) is 2.90. The Labute approximate surface area is 122 Å². The fourth-order valence-electron chi connectivity index (χ4n) is 2.33. The Kier molecular flexibility index (Phi) is 3.56. The summed E-state index contributed by atoms with van der Waals surface area (Å²) in [7, 11) is 0. The van der Waals surface area contributed by atoms with Crippen LogP contribution in [0.1, 0.15) is 17.4 Å². The van der Waals surface area contributed by atoms with E-state index in [9.17, 15) is 0 Å². The van der Waals surface area contributed by atoms with Crippen molar-refractivity contribution in [3.8, 4) is 0 Å². The molecule has 20 heavy (non-hydrogen) atoms. The van der Waals surface area contributed by atoms with Crippen LogP contribution in [0, 0.1) is 0 Å². The predicted octanol–water partition coefficient (Wildman–Crippen LogP) is 4.05. The van der Waals surface area contributed by atoms with E-state index in [0.717, 1.165) is 35.2 Å². The molecule has 2 aromatic heterocycles. The highest BCUT2D eigenvalue weighted by molar-refractivity contribution is 7.10. The van der Waals surface area contributed by atoms with Crippen molar-refractivity contribution in [2.45, 2.75) is 19.9 Å². The lowest BCUT2D eigenvalue weighted by Gasteiger charge is -2.10. The summed E-state index contributed by atoms with van der Waals surface area (Å²) in [5, 5.41) is 6.78. The van der Waals surface area contributed by atoms with Gasteiger partial charge in [0.05, 0.1) is 5.52 Å². The van der Waals surface area contributed by atoms with Gasteiger partial charge in [-0.3, -0.25) is 4.98 Å². The van der Waals surface area contributed by atoms with Crippen LogP contribution in [-0.4, -0.2) is 4.98 Å². The second-order valence-corrected chi connectivity index (χ2v) is 5.71. The molecule has 0 radical (unpaired) electrons. The molecule has 102 valence electrons. The molecule has 3 N–H and O–H groups in total. The summed E-state index contributed by atoms with van der Waals surface area (Å²) in [6, 6.07) is 10.1. The SMILES string of the molecule is CCc1ccsc1CNc1ccnc2cc(N)ccc12. The molecule has 0 saturated carbocycles. The topological polar surface area (TPSA) is 50.9 Å². The number of nitrogen functional groups attached to an aromatic ring is 1. The summed E-state index contributed by atoms with van der Waals surface area (Å²) >= 11 is 1.80. The van der Waals surface area contributed by atoms with Crippen LogP contribution in [0.5, 0.6) is 0 Å². The molecule has 0 aliphatic rings. The van der Waals surface area contributed by atoms with E-state index in [1.165, 1.54) is 10.4 Å². The van der Waals surface area contributed by atoms with E-state index in [0.29, 0.717) is 0 Å². The third kappa shape index (κ3) is 2.47. The van der Waals surface area contributed by atoms with Gasteiger partial charge in [0.2, 0.25) is 0 Å². The number of thiophene rings is 1. The maximum absolute atomic E-state index is 5.80. The molecule has 0 spiro atoms. The molecule has 2 heterocycles. The van der Waals surface area contributed by atoms with Gasteiger partial charge in [-0.25, -0.2) is 0 Å². The van der Waals surface area contributed by atoms with E-state index in [4.69, 9.17) is 5.73 Å². The van der Waals surface area contributed by atoms with Crippen molar-refractivity contribution in [3.63, 3.8) is 0 Å². The first-order valence-corrected chi connectivity index (χ1v) is 7.59. The normalized spacial score (nSPS) is 10.8. The van der Waals surface area contributed by atoms with Crippen molar-refractivity contribution in [3.05, 3.63) is 52.3 Å². The van der Waals surface area contributed by atoms with Crippen LogP contribution < -0.4 is 11.1 Å². The summed E-state index contributed by atoms with van der Waals surface area (Å²) in [5.74, 6) is 0. The Morgan fingerprint density at radius 3 is 3.00 bits per heavy atom. The van der Waals surface area contributed by atoms with E-state index in [2.05, 4.69) is 28.7 Å². The molecule has 1 aromatic carbocycles. The highest BCUT2D eigenvalue weighted by Crippen LogP contribution is 2.25. The molecule has 3 nitrogen and oxygen atoms in total. The van der Waals surface area contributed by atoms with Gasteiger partial charge in [0.15, 0.2) is 0 Å². The summed E-state index contributed by atoms with van der Waals surface area (Å²) < 4.78 is 0. The molecule has 0 fully saturated rings. The van der Waals surface area contributed by atoms with Crippen LogP contribution >= 0.6 is 11.3 Å². The molecule has 0 saturated heterocycles. The standard InChI is InChI=1S/C16H17N3S/c1-2-11-6-8-20-16(11)10-19-14-5-7-18-15-9-12(17)3-4-13(14)15/h3-9H,2,10,17H2,1H3,(H,18,19). The number of aromatic nitrogens is 1. The number of pyridine rings is 1. The second-order valence-electron chi connectivity index (χ2n) is 4.71. The van der Waals surface area contributed by atoms with Crippen LogP contribution in [0.3, 0.4) is 0 Å². The van der Waals surface area contributed by atoms with Gasteiger partial charge in [0.1, 0.15) is 0 Å². The first-order valence-electron chi connectivity index (χ1n) is 6.71. The summed E-state index contributed by atoms with van der Waals surface area (Å²) in [6.45, 7) is 3.04. The predicted molar refractivity (Wildman–Crippen MR) is 87.2 cm³/mol. The molecule has 0 aliphatic heterocycles. The monoisotopic (exact) mass is 283 g/mol. The number of hydrogen-bond donors (Lipinski definition) is 2. The number of nitrogens with one attached hydrogen (secondary N) is 1. The fraction of sp³-hybridized carbons (Fsp3) is 0.188. The van der Waals surface area contributed by atoms with E-state index in [-0.39, 0.29) is 0 Å². The van der Waals surface area contributed by atoms with Gasteiger partial charge in [0, 0.05) is 34.4 Å². The third-order valence-electron chi connectivity index (χ3n) is 3.42. The minimum atomic E-state index is 0.744. The summed E-state index contributed by atoms with van der Waals surface area (Å²) in [4.78, 5) is 5.76. The first-order chi connectivity index (χ1) is 9.78. The van der Waals surface area contributed by atoms with Gasteiger partial charge in [-0.05, 0) is 47.7 Å². The number of anilines is 2. The molecular weight excluding hydrogens is 266 g/mol. The zero-order valence-electron chi connectivity index (χ0n) is 11.4. The maximum atomic E-state index is 5.80. The highest BCUT2D eigenvalue weighted by Gasteiger charge is 2.05. The lowest BCUT2D eigenvalue weighted by Crippen LogP contribution is -2.01. The van der Waals surface area contributed by atoms with E-state index in [1.54, 1.807) is 11.3 Å². The van der Waals surface area contributed by atoms with Gasteiger partial charge in [-0.1, -0.05) is 6.92 Å². The Hall–Kier alpha value is -2.07. The fourth-order valence-corrected chi connectivity index (χ4v) is 3.25. The van der Waals surface area contributed by atoms with Gasteiger partial charge in [-0.15, -0.1) is 11.3 Å². The number of benzene rings is 1. The molecule has 0 bridgehead atoms. The molecule has 3 rings (SSSR count). The number of hydrogen-bond acceptors (Lipinski definition) is 4. The highest BCUT2D eigenvalue weighted by atomic mass is 32.1. The van der Waals surface area contributed by atoms with Gasteiger partial charge < -0.3 is 11.1 Å². The van der Waals surface area contributed by atoms with Crippen molar-refractivity contribution in [1.82, 2.24) is 4.98 Å². The average molecular weight is 283 g/mol. The lowest BCUT2D eigenvalue weighted by atomic mass is 10.1. The van der Waals surface area contributed by atoms with Gasteiger partial charge in [0.25, 0.3) is 0 Å². The molecular formula is C16H17N3S. The number of aryl methyl sites for hydroxylation is 1. The van der Waals surface area contributed by atoms with Crippen LogP contribution in [0.25, 0.3) is 10.9 Å². The van der Waals surface area contributed by atoms with Crippen molar-refractivity contribution in [1.29, 1.82) is 0 Å². The van der Waals surface area contributed by atoms with Crippen molar-refractivity contribution in [2.24, 2.45) is 0 Å². The first kappa shape index (κ1) is 12.9. The molecule has 3 aromatic rings. The molecule has 0 atom stereocenters. The van der Waals surface area contributed by atoms with Crippen molar-refractivity contribution >= 4 is 33.6 Å². The Morgan fingerprint density at radius 2 is 2.15 bits per heavy atom. The average Bonchev–Trinajstić information content (AvgIpc) is 2.92. The Morgan fingerprint density at radius 1 is 1.25 bits per heavy atom. The number of fused-ring (bicyclic) bond motifs is 1. The van der Waals surface area contributed by atoms with Crippen molar-refractivity contribution in [2.75, 3.05) is 11.1 Å². The lowest BCUT2D eigenvalue weighted by molar-refractivity contribution is 1.08. The molecule has 4 heteroatoms. The van der Waals surface area contributed by atoms with Crippen LogP contribution in [0.4, 0.5) is 11.4 Å². The van der Waals surface area contributed by atoms with Gasteiger partial charge in [-0.2, -0.15) is 0 Å². The third-order valence-corrected chi connectivity index (χ3v) is 4.39. The minimum absolute atomic E-state index is 0.744. The number of nitrogens with two attached hydrogens (primary N) is 1.